The molecule has 106 valence electrons. The Morgan fingerprint density at radius 3 is 2.06 bits per heavy atom. The first kappa shape index (κ1) is 17.2. The van der Waals surface area contributed by atoms with Gasteiger partial charge in [0.15, 0.2) is 0 Å². The Morgan fingerprint density at radius 1 is 1.06 bits per heavy atom. The fourth-order valence-corrected chi connectivity index (χ4v) is 1.51. The van der Waals surface area contributed by atoms with Crippen LogP contribution in [-0.2, 0) is 9.63 Å². The molecule has 0 aromatic rings. The molecule has 0 aliphatic carbocycles. The molecule has 0 amide bonds. The second-order valence-corrected chi connectivity index (χ2v) is 4.69. The number of carbonyl (C=O) groups is 1. The Labute approximate surface area is 112 Å². The van der Waals surface area contributed by atoms with E-state index in [1.165, 1.54) is 0 Å². The number of rotatable bonds is 10. The molecular formula is C15H29NO2. The Morgan fingerprint density at radius 2 is 1.61 bits per heavy atom. The van der Waals surface area contributed by atoms with E-state index in [1.54, 1.807) is 0 Å². The lowest BCUT2D eigenvalue weighted by Gasteiger charge is -2.20. The minimum absolute atomic E-state index is 0.198. The number of carbonyl (C=O) groups excluding carboxylic acids is 1. The normalized spacial score (nSPS) is 11.9. The van der Waals surface area contributed by atoms with Gasteiger partial charge in [0, 0.05) is 18.7 Å². The fraction of sp³-hybridized carbons (Fsp3) is 0.800. The van der Waals surface area contributed by atoms with Crippen molar-refractivity contribution in [2.45, 2.75) is 66.2 Å². The van der Waals surface area contributed by atoms with Crippen LogP contribution in [-0.4, -0.2) is 24.1 Å². The number of unbranched alkanes of at least 4 members (excludes halogenated alkanes) is 3. The summed E-state index contributed by atoms with van der Waals surface area (Å²) in [7, 11) is 0. The topological polar surface area (TPSA) is 29.5 Å². The zero-order valence-corrected chi connectivity index (χ0v) is 12.5. The van der Waals surface area contributed by atoms with Gasteiger partial charge in [0.25, 0.3) is 0 Å². The predicted molar refractivity (Wildman–Crippen MR) is 76.1 cm³/mol. The molecule has 3 heteroatoms. The van der Waals surface area contributed by atoms with Crippen LogP contribution in [0.25, 0.3) is 0 Å². The van der Waals surface area contributed by atoms with E-state index in [-0.39, 0.29) is 5.97 Å². The molecule has 0 aliphatic heterocycles. The van der Waals surface area contributed by atoms with Gasteiger partial charge in [-0.15, -0.1) is 5.06 Å². The second-order valence-electron chi connectivity index (χ2n) is 4.69. The molecule has 0 spiro atoms. The highest BCUT2D eigenvalue weighted by Crippen LogP contribution is 2.06. The zero-order valence-electron chi connectivity index (χ0n) is 12.5. The maximum absolute atomic E-state index is 11.9. The average molecular weight is 255 g/mol. The van der Waals surface area contributed by atoms with E-state index in [0.717, 1.165) is 57.2 Å². The highest BCUT2D eigenvalue weighted by molar-refractivity contribution is 5.87. The van der Waals surface area contributed by atoms with Crippen molar-refractivity contribution >= 4 is 5.97 Å². The molecule has 0 N–H and O–H groups in total. The molecule has 0 saturated carbocycles. The smallest absolute Gasteiger partial charge is 0.352 e. The van der Waals surface area contributed by atoms with Crippen molar-refractivity contribution in [1.29, 1.82) is 0 Å². The van der Waals surface area contributed by atoms with E-state index in [9.17, 15) is 4.79 Å². The average Bonchev–Trinajstić information content (AvgIpc) is 2.38. The van der Waals surface area contributed by atoms with Gasteiger partial charge in [-0.05, 0) is 26.2 Å². The van der Waals surface area contributed by atoms with E-state index in [0.29, 0.717) is 0 Å². The van der Waals surface area contributed by atoms with Gasteiger partial charge in [-0.1, -0.05) is 46.1 Å². The molecule has 0 aliphatic rings. The maximum atomic E-state index is 11.9. The van der Waals surface area contributed by atoms with Crippen LogP contribution in [0.2, 0.25) is 0 Å². The molecule has 18 heavy (non-hydrogen) atoms. The molecule has 0 aromatic heterocycles. The van der Waals surface area contributed by atoms with Gasteiger partial charge in [-0.2, -0.15) is 0 Å². The summed E-state index contributed by atoms with van der Waals surface area (Å²) in [5, 5.41) is 1.82. The monoisotopic (exact) mass is 255 g/mol. The predicted octanol–water partition coefficient (Wildman–Crippen LogP) is 4.09. The van der Waals surface area contributed by atoms with Crippen LogP contribution in [0.4, 0.5) is 0 Å². The second kappa shape index (κ2) is 11.3. The molecule has 0 radical (unpaired) electrons. The molecule has 0 saturated heterocycles. The third-order valence-corrected chi connectivity index (χ3v) is 2.80. The van der Waals surface area contributed by atoms with Gasteiger partial charge < -0.3 is 4.84 Å². The van der Waals surface area contributed by atoms with Crippen LogP contribution in [0.5, 0.6) is 0 Å². The first-order valence-corrected chi connectivity index (χ1v) is 7.29. The van der Waals surface area contributed by atoms with Crippen LogP contribution < -0.4 is 0 Å². The van der Waals surface area contributed by atoms with E-state index < -0.39 is 0 Å². The summed E-state index contributed by atoms with van der Waals surface area (Å²) in [6.07, 6.45) is 8.31. The largest absolute Gasteiger partial charge is 0.364 e. The first-order valence-electron chi connectivity index (χ1n) is 7.29. The van der Waals surface area contributed by atoms with Gasteiger partial charge in [-0.3, -0.25) is 0 Å². The molecule has 0 bridgehead atoms. The van der Waals surface area contributed by atoms with Crippen LogP contribution in [0, 0.1) is 0 Å². The maximum Gasteiger partial charge on any atom is 0.352 e. The van der Waals surface area contributed by atoms with E-state index in [2.05, 4.69) is 20.8 Å². The molecular weight excluding hydrogens is 226 g/mol. The highest BCUT2D eigenvalue weighted by atomic mass is 16.7. The Bertz CT molecular complexity index is 241. The fourth-order valence-electron chi connectivity index (χ4n) is 1.51. The number of allylic oxidation sites excluding steroid dienone is 1. The number of hydrogen-bond acceptors (Lipinski definition) is 3. The third kappa shape index (κ3) is 8.29. The molecule has 0 rings (SSSR count). The van der Waals surface area contributed by atoms with Gasteiger partial charge in [0.2, 0.25) is 0 Å². The van der Waals surface area contributed by atoms with Crippen molar-refractivity contribution in [2.24, 2.45) is 0 Å². The van der Waals surface area contributed by atoms with Crippen molar-refractivity contribution in [3.8, 4) is 0 Å². The van der Waals surface area contributed by atoms with Crippen LogP contribution in [0.15, 0.2) is 11.6 Å². The molecule has 0 unspecified atom stereocenters. The zero-order chi connectivity index (χ0) is 13.8. The summed E-state index contributed by atoms with van der Waals surface area (Å²) in [5.41, 5.74) is 0.717. The number of hydroxylamine groups is 2. The van der Waals surface area contributed by atoms with Crippen molar-refractivity contribution in [2.75, 3.05) is 13.1 Å². The third-order valence-electron chi connectivity index (χ3n) is 2.80. The van der Waals surface area contributed by atoms with Crippen molar-refractivity contribution < 1.29 is 9.63 Å². The quantitative estimate of drug-likeness (QED) is 0.435. The lowest BCUT2D eigenvalue weighted by atomic mass is 10.2. The molecule has 3 nitrogen and oxygen atoms in total. The minimum atomic E-state index is -0.198. The number of hydrogen-bond donors (Lipinski definition) is 0. The van der Waals surface area contributed by atoms with Crippen LogP contribution >= 0.6 is 0 Å². The lowest BCUT2D eigenvalue weighted by molar-refractivity contribution is -0.186. The summed E-state index contributed by atoms with van der Waals surface area (Å²) < 4.78 is 0. The molecule has 0 fully saturated rings. The van der Waals surface area contributed by atoms with E-state index in [1.807, 2.05) is 18.1 Å². The SMILES string of the molecule is CCCC=C(C)C(=O)ON(CCCC)CCCC. The molecule has 0 heterocycles. The highest BCUT2D eigenvalue weighted by Gasteiger charge is 2.12. The van der Waals surface area contributed by atoms with Gasteiger partial charge in [0.1, 0.15) is 0 Å². The van der Waals surface area contributed by atoms with Crippen LogP contribution in [0.3, 0.4) is 0 Å². The lowest BCUT2D eigenvalue weighted by Crippen LogP contribution is -2.29. The molecule has 0 aromatic carbocycles. The van der Waals surface area contributed by atoms with E-state index in [4.69, 9.17) is 4.84 Å². The molecule has 0 atom stereocenters. The van der Waals surface area contributed by atoms with Gasteiger partial charge in [-0.25, -0.2) is 4.79 Å². The van der Waals surface area contributed by atoms with Crippen molar-refractivity contribution in [1.82, 2.24) is 5.06 Å². The summed E-state index contributed by atoms with van der Waals surface area (Å²) in [6.45, 7) is 9.89. The summed E-state index contributed by atoms with van der Waals surface area (Å²) >= 11 is 0. The Balaban J connectivity index is 4.22. The van der Waals surface area contributed by atoms with Crippen molar-refractivity contribution in [3.63, 3.8) is 0 Å². The van der Waals surface area contributed by atoms with Crippen LogP contribution in [0.1, 0.15) is 66.2 Å². The van der Waals surface area contributed by atoms with Crippen molar-refractivity contribution in [3.05, 3.63) is 11.6 Å². The summed E-state index contributed by atoms with van der Waals surface area (Å²) in [6, 6.07) is 0. The summed E-state index contributed by atoms with van der Waals surface area (Å²) in [4.78, 5) is 17.3. The Hall–Kier alpha value is -0.830. The van der Waals surface area contributed by atoms with Gasteiger partial charge >= 0.3 is 5.97 Å². The summed E-state index contributed by atoms with van der Waals surface area (Å²) in [5.74, 6) is -0.198. The minimum Gasteiger partial charge on any atom is -0.364 e. The van der Waals surface area contributed by atoms with Gasteiger partial charge in [0.05, 0.1) is 0 Å². The Kier molecular flexibility index (Phi) is 10.8. The number of nitrogens with zero attached hydrogens (tertiary/aromatic N) is 1. The standard InChI is InChI=1S/C15H29NO2/c1-5-8-11-14(4)15(17)18-16(12-9-6-2)13-10-7-3/h11H,5-10,12-13H2,1-4H3. The van der Waals surface area contributed by atoms with E-state index >= 15 is 0 Å². The first-order chi connectivity index (χ1) is 8.65.